The normalized spacial score (nSPS) is 19.2. The van der Waals surface area contributed by atoms with Crippen molar-refractivity contribution in [3.63, 3.8) is 0 Å². The molecule has 66 heavy (non-hydrogen) atoms. The molecule has 7 heterocycles. The summed E-state index contributed by atoms with van der Waals surface area (Å²) in [4.78, 5) is 31.1. The average Bonchev–Trinajstić information content (AvgIpc) is 4.24. The molecule has 4 aliphatic heterocycles. The number of aromatic nitrogens is 5. The van der Waals surface area contributed by atoms with E-state index in [1.165, 1.54) is 34.1 Å². The van der Waals surface area contributed by atoms with Crippen LogP contribution in [0.15, 0.2) is 134 Å². The molecular weight excluding hydrogens is 829 g/mol. The van der Waals surface area contributed by atoms with E-state index in [0.29, 0.717) is 25.0 Å². The van der Waals surface area contributed by atoms with Crippen molar-refractivity contribution < 1.29 is 23.8 Å². The molecule has 3 atom stereocenters. The molecule has 3 saturated heterocycles. The highest BCUT2D eigenvalue weighted by Crippen LogP contribution is 2.34. The highest BCUT2D eigenvalue weighted by atomic mass is 16.6. The van der Waals surface area contributed by atoms with Crippen molar-refractivity contribution in [2.75, 3.05) is 50.8 Å². The Kier molecular flexibility index (Phi) is 13.1. The summed E-state index contributed by atoms with van der Waals surface area (Å²) in [5.74, 6) is 0.895. The molecule has 3 unspecified atom stereocenters. The molecular formula is C53H58N8O5. The van der Waals surface area contributed by atoms with Gasteiger partial charge in [-0.15, -0.1) is 0 Å². The Hall–Kier alpha value is -6.86. The number of rotatable bonds is 11. The molecule has 7 aromatic rings. The molecule has 1 N–H and O–H groups in total. The fraction of sp³-hybridized carbons (Fsp3) is 0.358. The standard InChI is InChI=1S/C29H32N4O3.C24H26N4O2/c34-29(36-21-22-6-2-1-3-7-22)32-13-11-23(19-32)18-31-14-12-25-16-24(9-10-27(25)31)26-17-30-33(20-26)28-8-4-5-15-35-28;29-24(30-17-18-4-2-1-3-5-18)28-10-8-19(16-28)15-27-11-9-21-12-20(6-7-23(21)27)22-13-25-26-14-22/h1-3,6-7,9-10,12,14,16-17,20,23,28H,4-5,8,11,13,15,18-19,21H2;1-7,12-14,19H,8-11,15-17H2,(H,25,26). The topological polar surface area (TPSA) is 123 Å². The molecule has 3 aromatic heterocycles. The molecule has 0 spiro atoms. The van der Waals surface area contributed by atoms with Crippen LogP contribution >= 0.6 is 0 Å². The lowest BCUT2D eigenvalue weighted by molar-refractivity contribution is -0.0394. The lowest BCUT2D eigenvalue weighted by Crippen LogP contribution is -2.32. The van der Waals surface area contributed by atoms with Gasteiger partial charge in [0, 0.05) is 98.7 Å². The van der Waals surface area contributed by atoms with Gasteiger partial charge < -0.3 is 33.5 Å². The second-order valence-corrected chi connectivity index (χ2v) is 18.1. The molecule has 4 aliphatic rings. The number of carbonyl (C=O) groups is 2. The summed E-state index contributed by atoms with van der Waals surface area (Å²) in [5.41, 5.74) is 10.6. The van der Waals surface area contributed by atoms with Crippen LogP contribution in [0.3, 0.4) is 0 Å². The maximum absolute atomic E-state index is 12.5. The van der Waals surface area contributed by atoms with E-state index >= 15 is 0 Å². The van der Waals surface area contributed by atoms with Crippen molar-refractivity contribution in [1.82, 2.24) is 34.3 Å². The first-order valence-corrected chi connectivity index (χ1v) is 23.5. The number of likely N-dealkylation sites (tertiary alicyclic amines) is 2. The third-order valence-corrected chi connectivity index (χ3v) is 13.5. The number of ether oxygens (including phenoxy) is 3. The van der Waals surface area contributed by atoms with E-state index in [0.717, 1.165) is 112 Å². The third kappa shape index (κ3) is 10.2. The van der Waals surface area contributed by atoms with E-state index in [2.05, 4.69) is 79.6 Å². The minimum absolute atomic E-state index is 0.0545. The minimum atomic E-state index is -0.220. The summed E-state index contributed by atoms with van der Waals surface area (Å²) in [6, 6.07) is 35.1. The van der Waals surface area contributed by atoms with Crippen molar-refractivity contribution >= 4 is 28.8 Å². The van der Waals surface area contributed by atoms with Crippen molar-refractivity contribution in [2.45, 2.75) is 64.5 Å². The van der Waals surface area contributed by atoms with Gasteiger partial charge in [-0.2, -0.15) is 10.2 Å². The fourth-order valence-corrected chi connectivity index (χ4v) is 9.87. The van der Waals surface area contributed by atoms with Gasteiger partial charge in [0.15, 0.2) is 0 Å². The number of hydrogen-bond acceptors (Lipinski definition) is 8. The maximum atomic E-state index is 12.5. The number of anilines is 1. The first-order valence-electron chi connectivity index (χ1n) is 23.5. The second-order valence-electron chi connectivity index (χ2n) is 18.1. The summed E-state index contributed by atoms with van der Waals surface area (Å²) >= 11 is 0. The van der Waals surface area contributed by atoms with Gasteiger partial charge in [-0.1, -0.05) is 72.8 Å². The average molecular weight is 887 g/mol. The summed E-state index contributed by atoms with van der Waals surface area (Å²) in [6.07, 6.45) is 16.0. The number of H-pyrrole nitrogens is 1. The van der Waals surface area contributed by atoms with Gasteiger partial charge in [0.2, 0.25) is 0 Å². The molecule has 0 radical (unpaired) electrons. The summed E-state index contributed by atoms with van der Waals surface area (Å²) in [5, 5.41) is 12.7. The highest BCUT2D eigenvalue weighted by molar-refractivity contribution is 5.85. The Morgan fingerprint density at radius 3 is 2.08 bits per heavy atom. The van der Waals surface area contributed by atoms with Crippen molar-refractivity contribution in [1.29, 1.82) is 0 Å². The summed E-state index contributed by atoms with van der Waals surface area (Å²) < 4.78 is 21.2. The minimum Gasteiger partial charge on any atom is -0.445 e. The van der Waals surface area contributed by atoms with Gasteiger partial charge in [-0.05, 0) is 109 Å². The first kappa shape index (κ1) is 43.1. The van der Waals surface area contributed by atoms with Gasteiger partial charge in [0.05, 0.1) is 12.4 Å². The van der Waals surface area contributed by atoms with Crippen LogP contribution in [0.5, 0.6) is 0 Å². The van der Waals surface area contributed by atoms with E-state index in [1.807, 2.05) is 93.7 Å². The smallest absolute Gasteiger partial charge is 0.410 e. The van der Waals surface area contributed by atoms with Crippen LogP contribution in [0.4, 0.5) is 15.3 Å². The Balaban J connectivity index is 0.000000158. The molecule has 2 amide bonds. The predicted molar refractivity (Wildman–Crippen MR) is 255 cm³/mol. The quantitative estimate of drug-likeness (QED) is 0.136. The number of benzene rings is 4. The Morgan fingerprint density at radius 1 is 0.697 bits per heavy atom. The van der Waals surface area contributed by atoms with Gasteiger partial charge in [0.25, 0.3) is 0 Å². The SMILES string of the molecule is O=C(OCc1ccccc1)N1CCC(CN2CCc3cc(-c4cn[nH]c4)ccc32)C1.O=C(OCc1ccccc1)N1CCC(Cn2ccc3cc(-c4cnn(C5CCCCO5)c4)ccc32)C1. The zero-order valence-electron chi connectivity index (χ0n) is 37.4. The zero-order chi connectivity index (χ0) is 44.7. The zero-order valence-corrected chi connectivity index (χ0v) is 37.4. The van der Waals surface area contributed by atoms with Crippen molar-refractivity contribution in [2.24, 2.45) is 11.8 Å². The van der Waals surface area contributed by atoms with Crippen LogP contribution < -0.4 is 4.90 Å². The van der Waals surface area contributed by atoms with Crippen LogP contribution in [-0.2, 0) is 40.4 Å². The number of nitrogens with zero attached hydrogens (tertiary/aromatic N) is 7. The lowest BCUT2D eigenvalue weighted by Gasteiger charge is -2.24. The van der Waals surface area contributed by atoms with Crippen LogP contribution in [-0.4, -0.2) is 92.4 Å². The second kappa shape index (κ2) is 20.1. The fourth-order valence-electron chi connectivity index (χ4n) is 9.87. The number of fused-ring (bicyclic) bond motifs is 2. The van der Waals surface area contributed by atoms with Crippen LogP contribution in [0.2, 0.25) is 0 Å². The van der Waals surface area contributed by atoms with E-state index in [-0.39, 0.29) is 18.4 Å². The van der Waals surface area contributed by atoms with E-state index in [1.54, 1.807) is 0 Å². The number of hydrogen-bond donors (Lipinski definition) is 1. The van der Waals surface area contributed by atoms with E-state index < -0.39 is 0 Å². The number of carbonyl (C=O) groups excluding carboxylic acids is 2. The molecule has 0 aliphatic carbocycles. The summed E-state index contributed by atoms with van der Waals surface area (Å²) in [6.45, 7) is 7.40. The van der Waals surface area contributed by atoms with E-state index in [4.69, 9.17) is 14.2 Å². The summed E-state index contributed by atoms with van der Waals surface area (Å²) in [7, 11) is 0. The van der Waals surface area contributed by atoms with Crippen molar-refractivity contribution in [3.8, 4) is 22.3 Å². The largest absolute Gasteiger partial charge is 0.445 e. The number of nitrogens with one attached hydrogen (secondary N) is 1. The lowest BCUT2D eigenvalue weighted by atomic mass is 10.0. The number of amides is 2. The van der Waals surface area contributed by atoms with Gasteiger partial charge >= 0.3 is 12.2 Å². The molecule has 3 fully saturated rings. The van der Waals surface area contributed by atoms with E-state index in [9.17, 15) is 9.59 Å². The predicted octanol–water partition coefficient (Wildman–Crippen LogP) is 9.96. The first-order chi connectivity index (χ1) is 32.5. The van der Waals surface area contributed by atoms with Crippen LogP contribution in [0.25, 0.3) is 33.2 Å². The molecule has 340 valence electrons. The Morgan fingerprint density at radius 2 is 1.39 bits per heavy atom. The number of aromatic amines is 1. The Bertz CT molecular complexity index is 2690. The maximum Gasteiger partial charge on any atom is 0.410 e. The molecule has 13 heteroatoms. The van der Waals surface area contributed by atoms with Gasteiger partial charge in [0.1, 0.15) is 19.4 Å². The van der Waals surface area contributed by atoms with Gasteiger partial charge in [-0.25, -0.2) is 14.3 Å². The molecule has 0 saturated carbocycles. The molecule has 11 rings (SSSR count). The Labute approximate surface area is 385 Å². The van der Waals surface area contributed by atoms with Gasteiger partial charge in [-0.3, -0.25) is 5.10 Å². The molecule has 13 nitrogen and oxygen atoms in total. The molecule has 4 aromatic carbocycles. The monoisotopic (exact) mass is 886 g/mol. The van der Waals surface area contributed by atoms with Crippen LogP contribution in [0.1, 0.15) is 55.0 Å². The third-order valence-electron chi connectivity index (χ3n) is 13.5. The molecule has 0 bridgehead atoms. The highest BCUT2D eigenvalue weighted by Gasteiger charge is 2.31. The van der Waals surface area contributed by atoms with Crippen molar-refractivity contribution in [3.05, 3.63) is 151 Å². The van der Waals surface area contributed by atoms with Crippen LogP contribution in [0, 0.1) is 11.8 Å².